The Morgan fingerprint density at radius 1 is 1.25 bits per heavy atom. The fourth-order valence-electron chi connectivity index (χ4n) is 2.68. The molecule has 0 saturated carbocycles. The van der Waals surface area contributed by atoms with Crippen molar-refractivity contribution in [1.82, 2.24) is 15.3 Å². The van der Waals surface area contributed by atoms with Crippen LogP contribution in [-0.2, 0) is 9.59 Å². The first kappa shape index (κ1) is 17.8. The van der Waals surface area contributed by atoms with Crippen molar-refractivity contribution in [1.29, 1.82) is 0 Å². The highest BCUT2D eigenvalue weighted by atomic mass is 16.6. The molecular formula is C17H23N3O4. The van der Waals surface area contributed by atoms with Gasteiger partial charge in [0.1, 0.15) is 5.75 Å². The Morgan fingerprint density at radius 2 is 1.96 bits per heavy atom. The number of rotatable bonds is 4. The topological polar surface area (TPSA) is 79.0 Å². The number of piperazine rings is 1. The summed E-state index contributed by atoms with van der Waals surface area (Å²) < 4.78 is 5.20. The molecule has 24 heavy (non-hydrogen) atoms. The first-order valence-electron chi connectivity index (χ1n) is 8.03. The summed E-state index contributed by atoms with van der Waals surface area (Å²) in [6, 6.07) is 5.40. The van der Waals surface area contributed by atoms with Crippen LogP contribution in [0.4, 0.5) is 4.79 Å². The van der Waals surface area contributed by atoms with Gasteiger partial charge in [0.05, 0.1) is 6.54 Å². The number of carbonyl (C=O) groups excluding carboxylic acids is 3. The van der Waals surface area contributed by atoms with Gasteiger partial charge >= 0.3 is 17.9 Å². The second-order valence-electron chi connectivity index (χ2n) is 6.02. The molecule has 7 nitrogen and oxygen atoms in total. The minimum Gasteiger partial charge on any atom is -0.409 e. The summed E-state index contributed by atoms with van der Waals surface area (Å²) in [5.74, 6) is -0.612. The van der Waals surface area contributed by atoms with E-state index in [2.05, 4.69) is 19.3 Å². The molecule has 1 N–H and O–H groups in total. The number of likely N-dealkylation sites (N-methyl/N-ethyl adjacent to an activating group) is 1. The summed E-state index contributed by atoms with van der Waals surface area (Å²) in [6.45, 7) is 9.01. The summed E-state index contributed by atoms with van der Waals surface area (Å²) in [5, 5.41) is 0.992. The third-order valence-corrected chi connectivity index (χ3v) is 3.99. The zero-order chi connectivity index (χ0) is 17.9. The Labute approximate surface area is 141 Å². The highest BCUT2D eigenvalue weighted by Gasteiger charge is 2.33. The van der Waals surface area contributed by atoms with Crippen molar-refractivity contribution >= 4 is 17.9 Å². The lowest BCUT2D eigenvalue weighted by atomic mass is 9.98. The van der Waals surface area contributed by atoms with Gasteiger partial charge in [-0.1, -0.05) is 19.9 Å². The molecule has 0 radical (unpaired) electrons. The number of aryl methyl sites for hydroxylation is 1. The normalized spacial score (nSPS) is 15.0. The van der Waals surface area contributed by atoms with E-state index >= 15 is 0 Å². The largest absolute Gasteiger partial charge is 0.431 e. The maximum absolute atomic E-state index is 12.0. The predicted molar refractivity (Wildman–Crippen MR) is 88.4 cm³/mol. The van der Waals surface area contributed by atoms with E-state index in [0.717, 1.165) is 10.6 Å². The molecule has 0 atom stereocenters. The van der Waals surface area contributed by atoms with E-state index in [1.807, 2.05) is 13.0 Å². The smallest absolute Gasteiger partial charge is 0.409 e. The van der Waals surface area contributed by atoms with Gasteiger partial charge in [0, 0.05) is 13.1 Å². The van der Waals surface area contributed by atoms with E-state index < -0.39 is 17.9 Å². The van der Waals surface area contributed by atoms with Gasteiger partial charge in [0.15, 0.2) is 0 Å². The van der Waals surface area contributed by atoms with E-state index in [-0.39, 0.29) is 6.54 Å². The molecule has 1 aliphatic rings. The van der Waals surface area contributed by atoms with Gasteiger partial charge in [-0.3, -0.25) is 9.59 Å². The van der Waals surface area contributed by atoms with Crippen LogP contribution in [-0.4, -0.2) is 47.5 Å². The lowest BCUT2D eigenvalue weighted by Crippen LogP contribution is -2.60. The van der Waals surface area contributed by atoms with E-state index in [0.29, 0.717) is 24.8 Å². The van der Waals surface area contributed by atoms with E-state index in [1.54, 1.807) is 19.1 Å². The van der Waals surface area contributed by atoms with Crippen LogP contribution < -0.4 is 10.2 Å². The van der Waals surface area contributed by atoms with Gasteiger partial charge in [-0.15, -0.1) is 0 Å². The summed E-state index contributed by atoms with van der Waals surface area (Å²) in [5.41, 5.74) is 4.53. The maximum Gasteiger partial charge on any atom is 0.431 e. The fourth-order valence-corrected chi connectivity index (χ4v) is 2.68. The zero-order valence-electron chi connectivity index (χ0n) is 14.5. The number of hydrogen-bond acceptors (Lipinski definition) is 4. The second-order valence-corrected chi connectivity index (χ2v) is 6.02. The van der Waals surface area contributed by atoms with Crippen molar-refractivity contribution < 1.29 is 19.1 Å². The molecule has 1 fully saturated rings. The summed E-state index contributed by atoms with van der Waals surface area (Å²) in [7, 11) is 0. The Hall–Kier alpha value is -2.57. The molecule has 0 bridgehead atoms. The Kier molecular flexibility index (Phi) is 5.43. The average molecular weight is 333 g/mol. The van der Waals surface area contributed by atoms with E-state index in [4.69, 9.17) is 4.74 Å². The van der Waals surface area contributed by atoms with Crippen molar-refractivity contribution in [2.45, 2.75) is 33.6 Å². The number of amides is 3. The minimum absolute atomic E-state index is 0.235. The first-order valence-corrected chi connectivity index (χ1v) is 8.03. The monoisotopic (exact) mass is 333 g/mol. The van der Waals surface area contributed by atoms with Gasteiger partial charge in [-0.25, -0.2) is 15.2 Å². The molecule has 0 aliphatic carbocycles. The van der Waals surface area contributed by atoms with Crippen LogP contribution in [0.1, 0.15) is 37.8 Å². The average Bonchev–Trinajstić information content (AvgIpc) is 2.52. The molecule has 130 valence electrons. The van der Waals surface area contributed by atoms with Crippen molar-refractivity contribution in [3.05, 3.63) is 29.3 Å². The summed E-state index contributed by atoms with van der Waals surface area (Å²) >= 11 is 0. The van der Waals surface area contributed by atoms with Gasteiger partial charge in [0.25, 0.3) is 0 Å². The molecule has 1 saturated heterocycles. The third-order valence-electron chi connectivity index (χ3n) is 3.99. The summed E-state index contributed by atoms with van der Waals surface area (Å²) in [4.78, 5) is 37.1. The lowest BCUT2D eigenvalue weighted by molar-refractivity contribution is -0.157. The second kappa shape index (κ2) is 7.33. The highest BCUT2D eigenvalue weighted by Crippen LogP contribution is 2.23. The molecular weight excluding hydrogens is 310 g/mol. The molecule has 1 aromatic rings. The standard InChI is InChI=1S/C17H23N3O4/c1-5-19-8-9-20(16(22)15(19)21)18-17(23)24-13-6-7-14(11(2)3)12(4)10-13/h6-7,10-11H,5,8-9H2,1-4H3,(H,18,23). The van der Waals surface area contributed by atoms with Crippen LogP contribution in [0.3, 0.4) is 0 Å². The highest BCUT2D eigenvalue weighted by molar-refractivity contribution is 6.35. The number of nitrogens with one attached hydrogen (secondary N) is 1. The Morgan fingerprint density at radius 3 is 2.54 bits per heavy atom. The number of benzene rings is 1. The van der Waals surface area contributed by atoms with Crippen molar-refractivity contribution in [3.63, 3.8) is 0 Å². The number of carbonyl (C=O) groups is 3. The van der Waals surface area contributed by atoms with E-state index in [1.165, 1.54) is 10.5 Å². The fraction of sp³-hybridized carbons (Fsp3) is 0.471. The lowest BCUT2D eigenvalue weighted by Gasteiger charge is -2.32. The Balaban J connectivity index is 1.97. The van der Waals surface area contributed by atoms with Crippen molar-refractivity contribution in [2.24, 2.45) is 0 Å². The van der Waals surface area contributed by atoms with Gasteiger partial charge in [0.2, 0.25) is 0 Å². The van der Waals surface area contributed by atoms with Crippen LogP contribution in [0, 0.1) is 6.92 Å². The molecule has 3 amide bonds. The molecule has 0 unspecified atom stereocenters. The SMILES string of the molecule is CCN1CCN(NC(=O)Oc2ccc(C(C)C)c(C)c2)C(=O)C1=O. The van der Waals surface area contributed by atoms with Crippen LogP contribution >= 0.6 is 0 Å². The van der Waals surface area contributed by atoms with Gasteiger partial charge in [-0.2, -0.15) is 0 Å². The van der Waals surface area contributed by atoms with Gasteiger partial charge < -0.3 is 9.64 Å². The number of hydrogen-bond donors (Lipinski definition) is 1. The van der Waals surface area contributed by atoms with Crippen molar-refractivity contribution in [2.75, 3.05) is 19.6 Å². The van der Waals surface area contributed by atoms with Crippen LogP contribution in [0.15, 0.2) is 18.2 Å². The van der Waals surface area contributed by atoms with Crippen LogP contribution in [0.25, 0.3) is 0 Å². The quantitative estimate of drug-likeness (QED) is 0.853. The summed E-state index contributed by atoms with van der Waals surface area (Å²) in [6.07, 6.45) is -0.794. The number of nitrogens with zero attached hydrogens (tertiary/aromatic N) is 2. The Bertz CT molecular complexity index is 657. The van der Waals surface area contributed by atoms with E-state index in [9.17, 15) is 14.4 Å². The molecule has 2 rings (SSSR count). The minimum atomic E-state index is -0.794. The van der Waals surface area contributed by atoms with Gasteiger partial charge in [-0.05, 0) is 43.0 Å². The molecule has 0 aromatic heterocycles. The molecule has 1 aromatic carbocycles. The predicted octanol–water partition coefficient (Wildman–Crippen LogP) is 1.81. The third kappa shape index (κ3) is 3.84. The van der Waals surface area contributed by atoms with Crippen LogP contribution in [0.2, 0.25) is 0 Å². The van der Waals surface area contributed by atoms with Crippen molar-refractivity contribution in [3.8, 4) is 5.75 Å². The molecule has 1 heterocycles. The molecule has 0 spiro atoms. The maximum atomic E-state index is 12.0. The number of hydrazine groups is 1. The first-order chi connectivity index (χ1) is 11.3. The van der Waals surface area contributed by atoms with Crippen LogP contribution in [0.5, 0.6) is 5.75 Å². The molecule has 1 aliphatic heterocycles. The zero-order valence-corrected chi connectivity index (χ0v) is 14.5. The molecule has 7 heteroatoms. The number of ether oxygens (including phenoxy) is 1.